The molecule has 1 aliphatic heterocycles. The number of methoxy groups -OCH3 is 1. The molecular weight excluding hydrogens is 280 g/mol. The van der Waals surface area contributed by atoms with Crippen LogP contribution < -0.4 is 9.64 Å². The summed E-state index contributed by atoms with van der Waals surface area (Å²) in [5.41, 5.74) is 2.14. The van der Waals surface area contributed by atoms with Crippen molar-refractivity contribution < 1.29 is 14.3 Å². The van der Waals surface area contributed by atoms with Gasteiger partial charge in [-0.3, -0.25) is 9.59 Å². The third-order valence-corrected chi connectivity index (χ3v) is 3.74. The molecule has 0 aliphatic carbocycles. The number of benzene rings is 2. The van der Waals surface area contributed by atoms with Crippen LogP contribution >= 0.6 is 0 Å². The zero-order chi connectivity index (χ0) is 15.9. The van der Waals surface area contributed by atoms with E-state index < -0.39 is 0 Å². The number of rotatable bonds is 2. The normalized spacial score (nSPS) is 13.0. The van der Waals surface area contributed by atoms with E-state index in [0.717, 1.165) is 4.90 Å². The van der Waals surface area contributed by atoms with E-state index in [-0.39, 0.29) is 11.8 Å². The Morgan fingerprint density at radius 3 is 2.14 bits per heavy atom. The van der Waals surface area contributed by atoms with Crippen LogP contribution in [0.2, 0.25) is 0 Å². The molecular formula is C17H12N2O3. The number of hydrogen-bond acceptors (Lipinski definition) is 4. The first-order valence-electron chi connectivity index (χ1n) is 6.65. The number of imide groups is 1. The Kier molecular flexibility index (Phi) is 3.15. The van der Waals surface area contributed by atoms with Crippen molar-refractivity contribution in [2.24, 2.45) is 0 Å². The maximum absolute atomic E-state index is 12.5. The Balaban J connectivity index is 2.17. The third kappa shape index (κ3) is 1.78. The van der Waals surface area contributed by atoms with Crippen molar-refractivity contribution >= 4 is 17.5 Å². The molecule has 0 unspecified atom stereocenters. The summed E-state index contributed by atoms with van der Waals surface area (Å²) in [5.74, 6) is -0.359. The van der Waals surface area contributed by atoms with E-state index in [0.29, 0.717) is 33.7 Å². The average molecular weight is 292 g/mol. The van der Waals surface area contributed by atoms with Crippen LogP contribution in [0.25, 0.3) is 0 Å². The van der Waals surface area contributed by atoms with Gasteiger partial charge in [0.1, 0.15) is 11.8 Å². The highest BCUT2D eigenvalue weighted by atomic mass is 16.5. The molecule has 5 heteroatoms. The average Bonchev–Trinajstić information content (AvgIpc) is 2.79. The SMILES string of the molecule is COc1c(C#N)ccc(N2C(=O)c3ccccc3C2=O)c1C. The first-order chi connectivity index (χ1) is 10.6. The Morgan fingerprint density at radius 1 is 1.05 bits per heavy atom. The lowest BCUT2D eigenvalue weighted by Gasteiger charge is -2.19. The second-order valence-corrected chi connectivity index (χ2v) is 4.89. The number of anilines is 1. The molecule has 1 heterocycles. The largest absolute Gasteiger partial charge is 0.495 e. The summed E-state index contributed by atoms with van der Waals surface area (Å²) in [6, 6.07) is 11.9. The van der Waals surface area contributed by atoms with Crippen molar-refractivity contribution in [1.82, 2.24) is 0 Å². The fourth-order valence-corrected chi connectivity index (χ4v) is 2.68. The van der Waals surface area contributed by atoms with Crippen molar-refractivity contribution in [2.75, 3.05) is 12.0 Å². The van der Waals surface area contributed by atoms with Gasteiger partial charge < -0.3 is 4.74 Å². The molecule has 22 heavy (non-hydrogen) atoms. The highest BCUT2D eigenvalue weighted by Gasteiger charge is 2.37. The highest BCUT2D eigenvalue weighted by Crippen LogP contribution is 2.36. The smallest absolute Gasteiger partial charge is 0.266 e. The molecule has 0 atom stereocenters. The van der Waals surface area contributed by atoms with Crippen LogP contribution in [-0.4, -0.2) is 18.9 Å². The molecule has 0 aromatic heterocycles. The lowest BCUT2D eigenvalue weighted by Crippen LogP contribution is -2.30. The van der Waals surface area contributed by atoms with Gasteiger partial charge in [-0.15, -0.1) is 0 Å². The van der Waals surface area contributed by atoms with Crippen LogP contribution in [0.3, 0.4) is 0 Å². The van der Waals surface area contributed by atoms with E-state index in [9.17, 15) is 9.59 Å². The zero-order valence-corrected chi connectivity index (χ0v) is 12.1. The second kappa shape index (κ2) is 5.01. The molecule has 108 valence electrons. The van der Waals surface area contributed by atoms with Gasteiger partial charge in [0.05, 0.1) is 29.5 Å². The standard InChI is InChI=1S/C17H12N2O3/c1-10-14(8-7-11(9-18)15(10)22-2)19-16(20)12-5-3-4-6-13(12)17(19)21/h3-8H,1-2H3. The van der Waals surface area contributed by atoms with Crippen molar-refractivity contribution in [1.29, 1.82) is 5.26 Å². The van der Waals surface area contributed by atoms with Gasteiger partial charge in [-0.1, -0.05) is 12.1 Å². The maximum atomic E-state index is 12.5. The fourth-order valence-electron chi connectivity index (χ4n) is 2.68. The molecule has 2 aromatic rings. The number of nitrogens with zero attached hydrogens (tertiary/aromatic N) is 2. The Morgan fingerprint density at radius 2 is 1.64 bits per heavy atom. The highest BCUT2D eigenvalue weighted by molar-refractivity contribution is 6.34. The van der Waals surface area contributed by atoms with Crippen molar-refractivity contribution in [2.45, 2.75) is 6.92 Å². The predicted octanol–water partition coefficient (Wildman–Crippen LogP) is 2.68. The minimum atomic E-state index is -0.365. The molecule has 0 radical (unpaired) electrons. The summed E-state index contributed by atoms with van der Waals surface area (Å²) >= 11 is 0. The number of carbonyl (C=O) groups excluding carboxylic acids is 2. The van der Waals surface area contributed by atoms with E-state index in [1.165, 1.54) is 7.11 Å². The summed E-state index contributed by atoms with van der Waals surface area (Å²) in [6.07, 6.45) is 0. The minimum Gasteiger partial charge on any atom is -0.495 e. The second-order valence-electron chi connectivity index (χ2n) is 4.89. The van der Waals surface area contributed by atoms with Crippen molar-refractivity contribution in [3.63, 3.8) is 0 Å². The summed E-state index contributed by atoms with van der Waals surface area (Å²) in [6.45, 7) is 1.72. The summed E-state index contributed by atoms with van der Waals surface area (Å²) in [7, 11) is 1.45. The van der Waals surface area contributed by atoms with Crippen LogP contribution in [0.4, 0.5) is 5.69 Å². The fraction of sp³-hybridized carbons (Fsp3) is 0.118. The molecule has 5 nitrogen and oxygen atoms in total. The molecule has 2 aromatic carbocycles. The quantitative estimate of drug-likeness (QED) is 0.798. The number of nitriles is 1. The molecule has 0 spiro atoms. The van der Waals surface area contributed by atoms with Crippen LogP contribution in [-0.2, 0) is 0 Å². The van der Waals surface area contributed by atoms with E-state index in [1.54, 1.807) is 43.3 Å². The monoisotopic (exact) mass is 292 g/mol. The van der Waals surface area contributed by atoms with Gasteiger partial charge in [0.2, 0.25) is 0 Å². The summed E-state index contributed by atoms with van der Waals surface area (Å²) < 4.78 is 5.24. The van der Waals surface area contributed by atoms with Crippen LogP contribution in [0.1, 0.15) is 31.8 Å². The lowest BCUT2D eigenvalue weighted by atomic mass is 10.1. The number of fused-ring (bicyclic) bond motifs is 1. The van der Waals surface area contributed by atoms with Gasteiger partial charge in [-0.2, -0.15) is 5.26 Å². The van der Waals surface area contributed by atoms with E-state index in [4.69, 9.17) is 10.00 Å². The first kappa shape index (κ1) is 13.8. The Bertz CT molecular complexity index is 814. The molecule has 1 aliphatic rings. The van der Waals surface area contributed by atoms with Gasteiger partial charge in [0, 0.05) is 5.56 Å². The number of ether oxygens (including phenoxy) is 1. The predicted molar refractivity (Wildman–Crippen MR) is 80.0 cm³/mol. The zero-order valence-electron chi connectivity index (χ0n) is 12.1. The number of amides is 2. The third-order valence-electron chi connectivity index (χ3n) is 3.74. The van der Waals surface area contributed by atoms with E-state index in [1.807, 2.05) is 6.07 Å². The minimum absolute atomic E-state index is 0.361. The van der Waals surface area contributed by atoms with Crippen molar-refractivity contribution in [3.05, 3.63) is 58.7 Å². The van der Waals surface area contributed by atoms with E-state index in [2.05, 4.69) is 0 Å². The van der Waals surface area contributed by atoms with Gasteiger partial charge in [-0.25, -0.2) is 4.90 Å². The van der Waals surface area contributed by atoms with Gasteiger partial charge >= 0.3 is 0 Å². The Hall–Kier alpha value is -3.13. The summed E-state index contributed by atoms with van der Waals surface area (Å²) in [5, 5.41) is 9.10. The van der Waals surface area contributed by atoms with Crippen LogP contribution in [0.15, 0.2) is 36.4 Å². The molecule has 0 bridgehead atoms. The number of carbonyl (C=O) groups is 2. The lowest BCUT2D eigenvalue weighted by molar-refractivity contribution is 0.0926. The molecule has 0 N–H and O–H groups in total. The summed E-state index contributed by atoms with van der Waals surface area (Å²) in [4.78, 5) is 26.2. The van der Waals surface area contributed by atoms with Crippen LogP contribution in [0.5, 0.6) is 5.75 Å². The first-order valence-corrected chi connectivity index (χ1v) is 6.65. The topological polar surface area (TPSA) is 70.4 Å². The van der Waals surface area contributed by atoms with Crippen molar-refractivity contribution in [3.8, 4) is 11.8 Å². The van der Waals surface area contributed by atoms with Crippen LogP contribution in [0, 0.1) is 18.3 Å². The van der Waals surface area contributed by atoms with Gasteiger partial charge in [0.25, 0.3) is 11.8 Å². The van der Waals surface area contributed by atoms with Gasteiger partial charge in [-0.05, 0) is 31.2 Å². The Labute approximate surface area is 127 Å². The van der Waals surface area contributed by atoms with Gasteiger partial charge in [0.15, 0.2) is 0 Å². The number of hydrogen-bond donors (Lipinski definition) is 0. The molecule has 0 fully saturated rings. The molecule has 2 amide bonds. The molecule has 0 saturated heterocycles. The molecule has 3 rings (SSSR count). The molecule has 0 saturated carbocycles. The maximum Gasteiger partial charge on any atom is 0.266 e. The van der Waals surface area contributed by atoms with E-state index >= 15 is 0 Å².